The molecule has 3 aromatic rings. The maximum absolute atomic E-state index is 12.2. The lowest BCUT2D eigenvalue weighted by molar-refractivity contribution is -0.121. The molecule has 0 spiro atoms. The third-order valence-corrected chi connectivity index (χ3v) is 3.79. The second-order valence-corrected chi connectivity index (χ2v) is 5.41. The number of hydrogen-bond donors (Lipinski definition) is 1. The Kier molecular flexibility index (Phi) is 5.03. The molecule has 0 radical (unpaired) electrons. The Morgan fingerprint density at radius 2 is 1.96 bits per heavy atom. The summed E-state index contributed by atoms with van der Waals surface area (Å²) in [5, 5.41) is 12.3. The average Bonchev–Trinajstić information content (AvgIpc) is 3.06. The zero-order valence-electron chi connectivity index (χ0n) is 14.1. The van der Waals surface area contributed by atoms with E-state index in [9.17, 15) is 4.79 Å². The SMILES string of the molecule is CC/C(=N/NC(=O)Cn1nnc2ccccc21)c1ccc(OC)cc1. The molecule has 0 aliphatic heterocycles. The van der Waals surface area contributed by atoms with Crippen LogP contribution in [0.25, 0.3) is 11.0 Å². The third-order valence-electron chi connectivity index (χ3n) is 3.79. The number of ether oxygens (including phenoxy) is 1. The minimum atomic E-state index is -0.255. The highest BCUT2D eigenvalue weighted by Gasteiger charge is 2.09. The van der Waals surface area contributed by atoms with Crippen LogP contribution in [0.2, 0.25) is 0 Å². The standard InChI is InChI=1S/C18H19N5O2/c1-3-15(13-8-10-14(25-2)11-9-13)19-21-18(24)12-23-17-7-5-4-6-16(17)20-22-23/h4-11H,3,12H2,1-2H3,(H,21,24)/b19-15-. The van der Waals surface area contributed by atoms with Gasteiger partial charge in [-0.1, -0.05) is 24.3 Å². The third kappa shape index (κ3) is 3.82. The molecule has 1 heterocycles. The van der Waals surface area contributed by atoms with Gasteiger partial charge in [-0.25, -0.2) is 10.1 Å². The number of aromatic nitrogens is 3. The Morgan fingerprint density at radius 3 is 2.68 bits per heavy atom. The Labute approximate surface area is 145 Å². The van der Waals surface area contributed by atoms with Gasteiger partial charge in [-0.3, -0.25) is 4.79 Å². The number of carbonyl (C=O) groups is 1. The van der Waals surface area contributed by atoms with Gasteiger partial charge in [0.1, 0.15) is 17.8 Å². The quantitative estimate of drug-likeness (QED) is 0.553. The summed E-state index contributed by atoms with van der Waals surface area (Å²) in [6.07, 6.45) is 0.693. The number of methoxy groups -OCH3 is 1. The Hall–Kier alpha value is -3.22. The first-order valence-corrected chi connectivity index (χ1v) is 7.99. The van der Waals surface area contributed by atoms with Gasteiger partial charge in [0, 0.05) is 0 Å². The van der Waals surface area contributed by atoms with Crippen LogP contribution < -0.4 is 10.2 Å². The molecule has 1 N–H and O–H groups in total. The summed E-state index contributed by atoms with van der Waals surface area (Å²) in [5.41, 5.74) is 5.89. The lowest BCUT2D eigenvalue weighted by Gasteiger charge is -2.07. The van der Waals surface area contributed by atoms with E-state index in [1.807, 2.05) is 55.5 Å². The fourth-order valence-electron chi connectivity index (χ4n) is 2.47. The minimum Gasteiger partial charge on any atom is -0.497 e. The zero-order valence-corrected chi connectivity index (χ0v) is 14.1. The van der Waals surface area contributed by atoms with Crippen molar-refractivity contribution in [3.63, 3.8) is 0 Å². The summed E-state index contributed by atoms with van der Waals surface area (Å²) in [6, 6.07) is 15.1. The van der Waals surface area contributed by atoms with Crippen molar-refractivity contribution in [1.82, 2.24) is 20.4 Å². The molecule has 0 saturated carbocycles. The number of benzene rings is 2. The molecule has 7 heteroatoms. The number of hydrogen-bond acceptors (Lipinski definition) is 5. The van der Waals surface area contributed by atoms with Crippen LogP contribution in [0.4, 0.5) is 0 Å². The van der Waals surface area contributed by atoms with Crippen molar-refractivity contribution in [3.05, 3.63) is 54.1 Å². The molecular formula is C18H19N5O2. The highest BCUT2D eigenvalue weighted by atomic mass is 16.5. The fraction of sp³-hybridized carbons (Fsp3) is 0.222. The second-order valence-electron chi connectivity index (χ2n) is 5.41. The summed E-state index contributed by atoms with van der Waals surface area (Å²) in [6.45, 7) is 2.05. The van der Waals surface area contributed by atoms with Gasteiger partial charge in [0.2, 0.25) is 0 Å². The first kappa shape index (κ1) is 16.6. The number of rotatable bonds is 6. The summed E-state index contributed by atoms with van der Waals surface area (Å²) < 4.78 is 6.70. The van der Waals surface area contributed by atoms with E-state index < -0.39 is 0 Å². The van der Waals surface area contributed by atoms with E-state index in [0.717, 1.165) is 28.1 Å². The number of carbonyl (C=O) groups excluding carboxylic acids is 1. The van der Waals surface area contributed by atoms with Crippen LogP contribution >= 0.6 is 0 Å². The van der Waals surface area contributed by atoms with Crippen LogP contribution in [0.15, 0.2) is 53.6 Å². The van der Waals surface area contributed by atoms with Crippen LogP contribution in [0, 0.1) is 0 Å². The molecule has 128 valence electrons. The van der Waals surface area contributed by atoms with Gasteiger partial charge in [-0.2, -0.15) is 5.10 Å². The molecule has 0 saturated heterocycles. The fourth-order valence-corrected chi connectivity index (χ4v) is 2.47. The highest BCUT2D eigenvalue weighted by molar-refractivity contribution is 6.01. The van der Waals surface area contributed by atoms with E-state index in [-0.39, 0.29) is 12.5 Å². The van der Waals surface area contributed by atoms with Gasteiger partial charge in [-0.05, 0) is 48.4 Å². The van der Waals surface area contributed by atoms with Crippen LogP contribution in [0.3, 0.4) is 0 Å². The second kappa shape index (κ2) is 7.57. The molecule has 0 aliphatic carbocycles. The molecule has 1 amide bonds. The molecule has 0 unspecified atom stereocenters. The van der Waals surface area contributed by atoms with E-state index >= 15 is 0 Å². The van der Waals surface area contributed by atoms with Crippen molar-refractivity contribution in [3.8, 4) is 5.75 Å². The van der Waals surface area contributed by atoms with Crippen molar-refractivity contribution >= 4 is 22.7 Å². The average molecular weight is 337 g/mol. The topological polar surface area (TPSA) is 81.4 Å². The lowest BCUT2D eigenvalue weighted by atomic mass is 10.1. The first-order chi connectivity index (χ1) is 12.2. The van der Waals surface area contributed by atoms with Gasteiger partial charge in [0.15, 0.2) is 0 Å². The number of para-hydroxylation sites is 1. The smallest absolute Gasteiger partial charge is 0.261 e. The summed E-state index contributed by atoms with van der Waals surface area (Å²) in [5.74, 6) is 0.524. The summed E-state index contributed by atoms with van der Waals surface area (Å²) >= 11 is 0. The lowest BCUT2D eigenvalue weighted by Crippen LogP contribution is -2.25. The molecule has 25 heavy (non-hydrogen) atoms. The first-order valence-electron chi connectivity index (χ1n) is 7.99. The molecule has 7 nitrogen and oxygen atoms in total. The Balaban J connectivity index is 1.69. The number of hydrazone groups is 1. The highest BCUT2D eigenvalue weighted by Crippen LogP contribution is 2.13. The molecule has 0 atom stereocenters. The maximum Gasteiger partial charge on any atom is 0.261 e. The largest absolute Gasteiger partial charge is 0.497 e. The Morgan fingerprint density at radius 1 is 1.20 bits per heavy atom. The van der Waals surface area contributed by atoms with E-state index in [0.29, 0.717) is 6.42 Å². The predicted molar refractivity (Wildman–Crippen MR) is 95.5 cm³/mol. The molecule has 3 rings (SSSR count). The maximum atomic E-state index is 12.2. The van der Waals surface area contributed by atoms with Crippen LogP contribution in [0.1, 0.15) is 18.9 Å². The van der Waals surface area contributed by atoms with Crippen molar-refractivity contribution < 1.29 is 9.53 Å². The van der Waals surface area contributed by atoms with Crippen molar-refractivity contribution in [2.75, 3.05) is 7.11 Å². The summed E-state index contributed by atoms with van der Waals surface area (Å²) in [7, 11) is 1.62. The molecule has 0 fully saturated rings. The van der Waals surface area contributed by atoms with E-state index in [1.165, 1.54) is 0 Å². The van der Waals surface area contributed by atoms with Crippen molar-refractivity contribution in [1.29, 1.82) is 0 Å². The Bertz CT molecular complexity index is 899. The predicted octanol–water partition coefficient (Wildman–Crippen LogP) is 2.37. The monoisotopic (exact) mass is 337 g/mol. The van der Waals surface area contributed by atoms with Gasteiger partial charge in [0.25, 0.3) is 5.91 Å². The normalized spacial score (nSPS) is 11.5. The number of amides is 1. The minimum absolute atomic E-state index is 0.0591. The van der Waals surface area contributed by atoms with E-state index in [2.05, 4.69) is 20.8 Å². The van der Waals surface area contributed by atoms with Crippen LogP contribution in [-0.4, -0.2) is 33.7 Å². The molecule has 2 aromatic carbocycles. The van der Waals surface area contributed by atoms with E-state index in [1.54, 1.807) is 11.8 Å². The van der Waals surface area contributed by atoms with E-state index in [4.69, 9.17) is 4.74 Å². The van der Waals surface area contributed by atoms with Crippen LogP contribution in [-0.2, 0) is 11.3 Å². The van der Waals surface area contributed by atoms with Gasteiger partial charge in [-0.15, -0.1) is 5.10 Å². The van der Waals surface area contributed by atoms with Gasteiger partial charge >= 0.3 is 0 Å². The number of nitrogens with zero attached hydrogens (tertiary/aromatic N) is 4. The number of fused-ring (bicyclic) bond motifs is 1. The number of nitrogens with one attached hydrogen (secondary N) is 1. The van der Waals surface area contributed by atoms with Gasteiger partial charge < -0.3 is 4.74 Å². The van der Waals surface area contributed by atoms with Crippen molar-refractivity contribution in [2.45, 2.75) is 19.9 Å². The van der Waals surface area contributed by atoms with Crippen LogP contribution in [0.5, 0.6) is 5.75 Å². The zero-order chi connectivity index (χ0) is 17.6. The molecule has 1 aromatic heterocycles. The molecule has 0 bridgehead atoms. The molecule has 0 aliphatic rings. The van der Waals surface area contributed by atoms with Gasteiger partial charge in [0.05, 0.1) is 18.3 Å². The van der Waals surface area contributed by atoms with Crippen molar-refractivity contribution in [2.24, 2.45) is 5.10 Å². The summed E-state index contributed by atoms with van der Waals surface area (Å²) in [4.78, 5) is 12.2. The molecular weight excluding hydrogens is 318 g/mol.